The van der Waals surface area contributed by atoms with E-state index in [1.54, 1.807) is 0 Å². The second-order valence-corrected chi connectivity index (χ2v) is 3.49. The summed E-state index contributed by atoms with van der Waals surface area (Å²) in [5.74, 6) is 0.869. The molecule has 2 heteroatoms. The van der Waals surface area contributed by atoms with Gasteiger partial charge in [0.05, 0.1) is 13.0 Å². The second-order valence-electron chi connectivity index (χ2n) is 3.49. The van der Waals surface area contributed by atoms with E-state index in [-0.39, 0.29) is 11.9 Å². The third kappa shape index (κ3) is 2.21. The molecule has 0 aliphatic heterocycles. The minimum Gasteiger partial charge on any atom is -0.469 e. The van der Waals surface area contributed by atoms with Crippen LogP contribution in [-0.4, -0.2) is 13.1 Å². The van der Waals surface area contributed by atoms with Gasteiger partial charge in [-0.05, 0) is 18.8 Å². The number of ether oxygens (including phenoxy) is 1. The molecule has 1 rings (SSSR count). The summed E-state index contributed by atoms with van der Waals surface area (Å²) in [6.45, 7) is 2.20. The first-order chi connectivity index (χ1) is 5.24. The van der Waals surface area contributed by atoms with E-state index >= 15 is 0 Å². The summed E-state index contributed by atoms with van der Waals surface area (Å²) in [5.41, 5.74) is 0. The van der Waals surface area contributed by atoms with E-state index in [0.717, 1.165) is 12.8 Å². The van der Waals surface area contributed by atoms with Gasteiger partial charge in [-0.2, -0.15) is 0 Å². The lowest BCUT2D eigenvalue weighted by Gasteiger charge is -2.24. The number of rotatable bonds is 1. The smallest absolute Gasteiger partial charge is 0.308 e. The van der Waals surface area contributed by atoms with Gasteiger partial charge in [-0.15, -0.1) is 0 Å². The van der Waals surface area contributed by atoms with Crippen molar-refractivity contribution >= 4 is 5.97 Å². The lowest BCUT2D eigenvalue weighted by atomic mass is 9.82. The van der Waals surface area contributed by atoms with E-state index in [2.05, 4.69) is 6.92 Å². The summed E-state index contributed by atoms with van der Waals surface area (Å²) in [4.78, 5) is 11.1. The molecule has 0 heterocycles. The molecule has 2 atom stereocenters. The fourth-order valence-corrected chi connectivity index (χ4v) is 1.81. The zero-order chi connectivity index (χ0) is 8.27. The van der Waals surface area contributed by atoms with E-state index in [4.69, 9.17) is 4.74 Å². The van der Waals surface area contributed by atoms with Crippen LogP contribution in [0.5, 0.6) is 0 Å². The molecule has 0 amide bonds. The van der Waals surface area contributed by atoms with Crippen molar-refractivity contribution < 1.29 is 9.53 Å². The number of hydrogen-bond acceptors (Lipinski definition) is 2. The lowest BCUT2D eigenvalue weighted by Crippen LogP contribution is -2.22. The molecule has 0 aromatic heterocycles. The van der Waals surface area contributed by atoms with Gasteiger partial charge in [0.15, 0.2) is 0 Å². The van der Waals surface area contributed by atoms with Crippen LogP contribution in [0.15, 0.2) is 0 Å². The summed E-state index contributed by atoms with van der Waals surface area (Å²) in [6.07, 6.45) is 4.50. The van der Waals surface area contributed by atoms with E-state index in [9.17, 15) is 4.79 Å². The molecule has 1 fully saturated rings. The normalized spacial score (nSPS) is 31.5. The maximum absolute atomic E-state index is 11.1. The molecule has 0 spiro atoms. The molecule has 1 aliphatic rings. The Hall–Kier alpha value is -0.530. The van der Waals surface area contributed by atoms with Gasteiger partial charge in [0, 0.05) is 0 Å². The number of carbonyl (C=O) groups excluding carboxylic acids is 1. The summed E-state index contributed by atoms with van der Waals surface area (Å²) in [5, 5.41) is 0. The van der Waals surface area contributed by atoms with Crippen LogP contribution in [0, 0.1) is 11.8 Å². The number of methoxy groups -OCH3 is 1. The van der Waals surface area contributed by atoms with Gasteiger partial charge in [-0.25, -0.2) is 0 Å². The molecule has 1 saturated carbocycles. The zero-order valence-electron chi connectivity index (χ0n) is 7.30. The van der Waals surface area contributed by atoms with Crippen LogP contribution in [0.25, 0.3) is 0 Å². The Bertz CT molecular complexity index is 142. The van der Waals surface area contributed by atoms with Crippen molar-refractivity contribution in [3.63, 3.8) is 0 Å². The molecule has 0 bridgehead atoms. The Morgan fingerprint density at radius 3 is 2.73 bits per heavy atom. The summed E-state index contributed by atoms with van der Waals surface area (Å²) in [7, 11) is 1.47. The molecule has 0 saturated heterocycles. The van der Waals surface area contributed by atoms with Crippen LogP contribution in [0.4, 0.5) is 0 Å². The average molecular weight is 156 g/mol. The molecule has 0 aromatic carbocycles. The van der Waals surface area contributed by atoms with Crippen LogP contribution in [0.2, 0.25) is 0 Å². The predicted octanol–water partition coefficient (Wildman–Crippen LogP) is 1.99. The molecule has 0 N–H and O–H groups in total. The minimum atomic E-state index is -0.0171. The quantitative estimate of drug-likeness (QED) is 0.543. The number of esters is 1. The third-order valence-corrected chi connectivity index (χ3v) is 2.47. The molecule has 0 aromatic rings. The highest BCUT2D eigenvalue weighted by Gasteiger charge is 2.25. The summed E-state index contributed by atoms with van der Waals surface area (Å²) < 4.78 is 4.70. The van der Waals surface area contributed by atoms with Gasteiger partial charge in [0.2, 0.25) is 0 Å². The van der Waals surface area contributed by atoms with Crippen molar-refractivity contribution in [2.45, 2.75) is 32.6 Å². The third-order valence-electron chi connectivity index (χ3n) is 2.47. The Labute approximate surface area is 67.9 Å². The zero-order valence-corrected chi connectivity index (χ0v) is 7.30. The standard InChI is InChI=1S/C9H16O2/c1-7-4-3-5-8(6-7)9(10)11-2/h7-8H,3-6H2,1-2H3/t7?,8-/m1/s1. The highest BCUT2D eigenvalue weighted by molar-refractivity contribution is 5.72. The van der Waals surface area contributed by atoms with Crippen molar-refractivity contribution in [1.29, 1.82) is 0 Å². The highest BCUT2D eigenvalue weighted by Crippen LogP contribution is 2.28. The molecular weight excluding hydrogens is 140 g/mol. The molecule has 2 nitrogen and oxygen atoms in total. The van der Waals surface area contributed by atoms with Gasteiger partial charge in [-0.1, -0.05) is 19.8 Å². The van der Waals surface area contributed by atoms with E-state index < -0.39 is 0 Å². The maximum Gasteiger partial charge on any atom is 0.308 e. The van der Waals surface area contributed by atoms with Crippen molar-refractivity contribution in [3.8, 4) is 0 Å². The van der Waals surface area contributed by atoms with Crippen molar-refractivity contribution in [3.05, 3.63) is 0 Å². The first-order valence-corrected chi connectivity index (χ1v) is 4.32. The Balaban J connectivity index is 2.39. The molecule has 1 aliphatic carbocycles. The second kappa shape index (κ2) is 3.74. The largest absolute Gasteiger partial charge is 0.469 e. The van der Waals surface area contributed by atoms with Gasteiger partial charge in [0.25, 0.3) is 0 Å². The Kier molecular flexibility index (Phi) is 2.92. The van der Waals surface area contributed by atoms with Crippen LogP contribution in [0.3, 0.4) is 0 Å². The van der Waals surface area contributed by atoms with Crippen LogP contribution < -0.4 is 0 Å². The summed E-state index contributed by atoms with van der Waals surface area (Å²) in [6, 6.07) is 0. The fraction of sp³-hybridized carbons (Fsp3) is 0.889. The maximum atomic E-state index is 11.1. The first kappa shape index (κ1) is 8.57. The number of carbonyl (C=O) groups is 1. The van der Waals surface area contributed by atoms with Crippen molar-refractivity contribution in [2.75, 3.05) is 7.11 Å². The van der Waals surface area contributed by atoms with Gasteiger partial charge in [-0.3, -0.25) is 4.79 Å². The molecular formula is C9H16O2. The Morgan fingerprint density at radius 1 is 1.45 bits per heavy atom. The molecule has 64 valence electrons. The topological polar surface area (TPSA) is 26.3 Å². The van der Waals surface area contributed by atoms with Crippen LogP contribution in [0.1, 0.15) is 32.6 Å². The fourth-order valence-electron chi connectivity index (χ4n) is 1.81. The molecule has 1 unspecified atom stereocenters. The molecule has 0 radical (unpaired) electrons. The average Bonchev–Trinajstić information content (AvgIpc) is 2.03. The van der Waals surface area contributed by atoms with Crippen LogP contribution >= 0.6 is 0 Å². The van der Waals surface area contributed by atoms with Gasteiger partial charge >= 0.3 is 5.97 Å². The van der Waals surface area contributed by atoms with E-state index in [1.165, 1.54) is 20.0 Å². The minimum absolute atomic E-state index is 0.0171. The summed E-state index contributed by atoms with van der Waals surface area (Å²) >= 11 is 0. The highest BCUT2D eigenvalue weighted by atomic mass is 16.5. The van der Waals surface area contributed by atoms with E-state index in [0.29, 0.717) is 5.92 Å². The van der Waals surface area contributed by atoms with Gasteiger partial charge in [0.1, 0.15) is 0 Å². The lowest BCUT2D eigenvalue weighted by molar-refractivity contribution is -0.147. The first-order valence-electron chi connectivity index (χ1n) is 4.32. The monoisotopic (exact) mass is 156 g/mol. The number of hydrogen-bond donors (Lipinski definition) is 0. The van der Waals surface area contributed by atoms with Crippen molar-refractivity contribution in [2.24, 2.45) is 11.8 Å². The predicted molar refractivity (Wildman–Crippen MR) is 43.1 cm³/mol. The van der Waals surface area contributed by atoms with Gasteiger partial charge < -0.3 is 4.74 Å². The SMILES string of the molecule is COC(=O)[C@@H]1CCCC(C)C1. The van der Waals surface area contributed by atoms with Crippen LogP contribution in [-0.2, 0) is 9.53 Å². The van der Waals surface area contributed by atoms with Crippen molar-refractivity contribution in [1.82, 2.24) is 0 Å². The molecule has 11 heavy (non-hydrogen) atoms. The Morgan fingerprint density at radius 2 is 2.18 bits per heavy atom. The van der Waals surface area contributed by atoms with E-state index in [1.807, 2.05) is 0 Å².